The number of hydrogen-bond acceptors (Lipinski definition) is 4. The summed E-state index contributed by atoms with van der Waals surface area (Å²) in [7, 11) is 3.32. The second-order valence-electron chi connectivity index (χ2n) is 8.37. The Morgan fingerprint density at radius 3 is 1.74 bits per heavy atom. The highest BCUT2D eigenvalue weighted by Gasteiger charge is 2.25. The quantitative estimate of drug-likeness (QED) is 0.482. The zero-order valence-corrected chi connectivity index (χ0v) is 19.1. The third-order valence-electron chi connectivity index (χ3n) is 6.08. The molecule has 1 fully saturated rings. The van der Waals surface area contributed by atoms with Crippen LogP contribution in [0.3, 0.4) is 0 Å². The Hall–Kier alpha value is -2.12. The molecular formula is C25H38N2O4+2. The predicted octanol–water partition coefficient (Wildman–Crippen LogP) is 0.364. The van der Waals surface area contributed by atoms with Crippen molar-refractivity contribution in [2.45, 2.75) is 25.6 Å². The minimum atomic E-state index is -0.485. The molecule has 3 N–H and O–H groups in total. The molecular weight excluding hydrogens is 392 g/mol. The van der Waals surface area contributed by atoms with E-state index in [0.717, 1.165) is 42.3 Å². The van der Waals surface area contributed by atoms with Gasteiger partial charge in [0.1, 0.15) is 56.4 Å². The summed E-state index contributed by atoms with van der Waals surface area (Å²) < 4.78 is 16.9. The first-order valence-electron chi connectivity index (χ1n) is 11.4. The summed E-state index contributed by atoms with van der Waals surface area (Å²) in [6.07, 6.45) is 0.494. The number of hydrogen-bond donors (Lipinski definition) is 3. The van der Waals surface area contributed by atoms with Crippen LogP contribution in [0.25, 0.3) is 0 Å². The third-order valence-corrected chi connectivity index (χ3v) is 6.08. The maximum absolute atomic E-state index is 10.7. The van der Waals surface area contributed by atoms with E-state index in [4.69, 9.17) is 14.2 Å². The van der Waals surface area contributed by atoms with Crippen LogP contribution in [0.2, 0.25) is 0 Å². The van der Waals surface area contributed by atoms with Crippen molar-refractivity contribution in [3.05, 3.63) is 59.7 Å². The average Bonchev–Trinajstić information content (AvgIpc) is 2.81. The molecule has 0 aliphatic carbocycles. The van der Waals surface area contributed by atoms with Gasteiger partial charge in [0.15, 0.2) is 0 Å². The summed E-state index contributed by atoms with van der Waals surface area (Å²) in [5, 5.41) is 10.7. The van der Waals surface area contributed by atoms with E-state index in [-0.39, 0.29) is 6.10 Å². The smallest absolute Gasteiger partial charge is 0.127 e. The van der Waals surface area contributed by atoms with Gasteiger partial charge in [0, 0.05) is 0 Å². The van der Waals surface area contributed by atoms with Crippen LogP contribution in [0.15, 0.2) is 48.5 Å². The van der Waals surface area contributed by atoms with E-state index in [2.05, 4.69) is 6.92 Å². The molecule has 0 amide bonds. The largest absolute Gasteiger partial charge is 0.497 e. The minimum Gasteiger partial charge on any atom is -0.497 e. The molecule has 170 valence electrons. The van der Waals surface area contributed by atoms with E-state index in [1.54, 1.807) is 19.1 Å². The van der Waals surface area contributed by atoms with Crippen LogP contribution in [0, 0.1) is 0 Å². The summed E-state index contributed by atoms with van der Waals surface area (Å²) in [5.41, 5.74) is 2.06. The molecule has 0 spiro atoms. The lowest BCUT2D eigenvalue weighted by Crippen LogP contribution is -3.28. The summed E-state index contributed by atoms with van der Waals surface area (Å²) in [6, 6.07) is 15.8. The number of nitrogens with one attached hydrogen (secondary N) is 2. The molecule has 6 nitrogen and oxygen atoms in total. The first kappa shape index (κ1) is 23.5. The molecule has 6 heteroatoms. The Balaban J connectivity index is 1.61. The van der Waals surface area contributed by atoms with E-state index in [1.807, 2.05) is 48.5 Å². The van der Waals surface area contributed by atoms with Crippen molar-refractivity contribution in [3.63, 3.8) is 0 Å². The number of quaternary nitrogens is 2. The lowest BCUT2D eigenvalue weighted by molar-refractivity contribution is -1.01. The second-order valence-corrected chi connectivity index (χ2v) is 8.37. The van der Waals surface area contributed by atoms with E-state index in [9.17, 15) is 5.11 Å². The fraction of sp³-hybridized carbons (Fsp3) is 0.520. The van der Waals surface area contributed by atoms with E-state index >= 15 is 0 Å². The van der Waals surface area contributed by atoms with Gasteiger partial charge in [-0.2, -0.15) is 0 Å². The molecule has 0 aromatic heterocycles. The summed E-state index contributed by atoms with van der Waals surface area (Å²) in [4.78, 5) is 3.16. The number of aliphatic hydroxyl groups is 1. The van der Waals surface area contributed by atoms with Crippen molar-refractivity contribution in [2.75, 3.05) is 60.1 Å². The van der Waals surface area contributed by atoms with Crippen LogP contribution in [0.5, 0.6) is 11.5 Å². The van der Waals surface area contributed by atoms with Crippen molar-refractivity contribution >= 4 is 0 Å². The van der Waals surface area contributed by atoms with Crippen molar-refractivity contribution in [3.8, 4) is 11.5 Å². The molecule has 2 aromatic rings. The third kappa shape index (κ3) is 6.94. The average molecular weight is 431 g/mol. The van der Waals surface area contributed by atoms with Crippen molar-refractivity contribution in [1.29, 1.82) is 0 Å². The van der Waals surface area contributed by atoms with Crippen molar-refractivity contribution in [1.82, 2.24) is 0 Å². The Morgan fingerprint density at radius 2 is 1.29 bits per heavy atom. The SMILES string of the molecule is CCC[NH+]1CC[NH+](C[C@H](O)COC(c2ccc(OC)cc2)c2ccc(OC)cc2)CC1. The van der Waals surface area contributed by atoms with Gasteiger partial charge in [-0.25, -0.2) is 0 Å². The zero-order chi connectivity index (χ0) is 22.1. The van der Waals surface area contributed by atoms with Crippen LogP contribution in [0.1, 0.15) is 30.6 Å². The molecule has 3 rings (SSSR count). The second kappa shape index (κ2) is 12.1. The number of ether oxygens (including phenoxy) is 3. The number of aliphatic hydroxyl groups excluding tert-OH is 1. The van der Waals surface area contributed by atoms with Gasteiger partial charge in [0.2, 0.25) is 0 Å². The van der Waals surface area contributed by atoms with Gasteiger partial charge in [-0.15, -0.1) is 0 Å². The summed E-state index contributed by atoms with van der Waals surface area (Å²) in [5.74, 6) is 1.62. The molecule has 1 saturated heterocycles. The Kier molecular flexibility index (Phi) is 9.15. The van der Waals surface area contributed by atoms with Crippen LogP contribution < -0.4 is 19.3 Å². The standard InChI is InChI=1S/C25H36N2O4/c1-4-13-26-14-16-27(17-15-26)18-22(28)19-31-25(20-5-9-23(29-2)10-6-20)21-7-11-24(30-3)12-8-21/h5-12,22,25,28H,4,13-19H2,1-3H3/p+2/t22-/m0/s1. The van der Waals surface area contributed by atoms with Gasteiger partial charge < -0.3 is 29.1 Å². The molecule has 0 bridgehead atoms. The van der Waals surface area contributed by atoms with Gasteiger partial charge in [0.25, 0.3) is 0 Å². The normalized spacial score (nSPS) is 19.9. The van der Waals surface area contributed by atoms with Crippen molar-refractivity contribution in [2.24, 2.45) is 0 Å². The highest BCUT2D eigenvalue weighted by Crippen LogP contribution is 2.29. The van der Waals surface area contributed by atoms with Crippen LogP contribution in [0.4, 0.5) is 0 Å². The zero-order valence-electron chi connectivity index (χ0n) is 19.1. The maximum Gasteiger partial charge on any atom is 0.127 e. The summed E-state index contributed by atoms with van der Waals surface area (Å²) in [6.45, 7) is 9.16. The fourth-order valence-corrected chi connectivity index (χ4v) is 4.31. The predicted molar refractivity (Wildman–Crippen MR) is 121 cm³/mol. The lowest BCUT2D eigenvalue weighted by atomic mass is 10.0. The fourth-order valence-electron chi connectivity index (χ4n) is 4.31. The molecule has 1 aliphatic rings. The van der Waals surface area contributed by atoms with Crippen LogP contribution in [-0.2, 0) is 4.74 Å². The highest BCUT2D eigenvalue weighted by molar-refractivity contribution is 5.36. The lowest BCUT2D eigenvalue weighted by Gasteiger charge is -2.31. The van der Waals surface area contributed by atoms with Crippen LogP contribution in [-0.4, -0.2) is 71.3 Å². The minimum absolute atomic E-state index is 0.257. The van der Waals surface area contributed by atoms with Crippen molar-refractivity contribution < 1.29 is 29.1 Å². The van der Waals surface area contributed by atoms with Gasteiger partial charge in [0.05, 0.1) is 27.4 Å². The Bertz CT molecular complexity index is 711. The number of piperazine rings is 1. The maximum atomic E-state index is 10.7. The molecule has 1 heterocycles. The van der Waals surface area contributed by atoms with E-state index < -0.39 is 6.10 Å². The number of benzene rings is 2. The molecule has 2 aromatic carbocycles. The molecule has 1 aliphatic heterocycles. The van der Waals surface area contributed by atoms with Gasteiger partial charge in [-0.1, -0.05) is 31.2 Å². The molecule has 0 radical (unpaired) electrons. The van der Waals surface area contributed by atoms with Gasteiger partial charge >= 0.3 is 0 Å². The molecule has 0 saturated carbocycles. The molecule has 1 atom stereocenters. The first-order chi connectivity index (χ1) is 15.1. The van der Waals surface area contributed by atoms with E-state index in [0.29, 0.717) is 6.61 Å². The topological polar surface area (TPSA) is 56.8 Å². The van der Waals surface area contributed by atoms with Crippen LogP contribution >= 0.6 is 0 Å². The van der Waals surface area contributed by atoms with E-state index in [1.165, 1.54) is 31.0 Å². The Morgan fingerprint density at radius 1 is 0.806 bits per heavy atom. The monoisotopic (exact) mass is 430 g/mol. The van der Waals surface area contributed by atoms with Gasteiger partial charge in [-0.3, -0.25) is 0 Å². The molecule has 0 unspecified atom stereocenters. The first-order valence-corrected chi connectivity index (χ1v) is 11.4. The Labute approximate surface area is 186 Å². The number of rotatable bonds is 11. The summed E-state index contributed by atoms with van der Waals surface area (Å²) >= 11 is 0. The molecule has 31 heavy (non-hydrogen) atoms. The highest BCUT2D eigenvalue weighted by atomic mass is 16.5. The van der Waals surface area contributed by atoms with Gasteiger partial charge in [-0.05, 0) is 41.8 Å². The number of methoxy groups -OCH3 is 2.